The number of nitrogens with one attached hydrogen (secondary N) is 2. The molecule has 0 aliphatic heterocycles. The number of hydrogen-bond donors (Lipinski definition) is 2. The van der Waals surface area contributed by atoms with Crippen molar-refractivity contribution < 1.29 is 19.1 Å². The van der Waals surface area contributed by atoms with E-state index in [1.165, 1.54) is 0 Å². The third-order valence-corrected chi connectivity index (χ3v) is 4.39. The fourth-order valence-electron chi connectivity index (χ4n) is 2.47. The lowest BCUT2D eigenvalue weighted by atomic mass is 10.1. The minimum absolute atomic E-state index is 0.223. The summed E-state index contributed by atoms with van der Waals surface area (Å²) in [5, 5.41) is 2.11. The van der Waals surface area contributed by atoms with E-state index in [4.69, 9.17) is 9.47 Å². The highest BCUT2D eigenvalue weighted by Crippen LogP contribution is 2.20. The molecule has 0 radical (unpaired) electrons. The summed E-state index contributed by atoms with van der Waals surface area (Å²) in [6, 6.07) is 20.6. The van der Waals surface area contributed by atoms with Gasteiger partial charge in [0.05, 0.1) is 0 Å². The summed E-state index contributed by atoms with van der Waals surface area (Å²) in [5.74, 6) is 0.171. The summed E-state index contributed by atoms with van der Waals surface area (Å²) >= 11 is 3.34. The number of carbonyl (C=O) groups is 2. The highest BCUT2D eigenvalue weighted by molar-refractivity contribution is 9.10. The summed E-state index contributed by atoms with van der Waals surface area (Å²) in [4.78, 5) is 24.0. The molecule has 28 heavy (non-hydrogen) atoms. The highest BCUT2D eigenvalue weighted by Gasteiger charge is 2.15. The minimum atomic E-state index is -0.781. The van der Waals surface area contributed by atoms with Crippen LogP contribution in [0.2, 0.25) is 0 Å². The Kier molecular flexibility index (Phi) is 6.49. The molecule has 0 bridgehead atoms. The van der Waals surface area contributed by atoms with Crippen LogP contribution in [0.4, 0.5) is 0 Å². The Morgan fingerprint density at radius 1 is 0.929 bits per heavy atom. The molecule has 2 amide bonds. The highest BCUT2D eigenvalue weighted by atomic mass is 79.9. The quantitative estimate of drug-likeness (QED) is 0.571. The van der Waals surface area contributed by atoms with Crippen molar-refractivity contribution in [3.05, 3.63) is 71.2 Å². The van der Waals surface area contributed by atoms with Crippen molar-refractivity contribution in [3.8, 4) is 11.5 Å². The van der Waals surface area contributed by atoms with Gasteiger partial charge in [0, 0.05) is 4.47 Å². The zero-order valence-electron chi connectivity index (χ0n) is 15.1. The van der Waals surface area contributed by atoms with Crippen molar-refractivity contribution in [3.63, 3.8) is 0 Å². The van der Waals surface area contributed by atoms with Crippen LogP contribution in [0, 0.1) is 0 Å². The number of amides is 2. The topological polar surface area (TPSA) is 76.7 Å². The van der Waals surface area contributed by atoms with Crippen molar-refractivity contribution in [2.45, 2.75) is 13.0 Å². The summed E-state index contributed by atoms with van der Waals surface area (Å²) in [7, 11) is 0. The van der Waals surface area contributed by atoms with Crippen molar-refractivity contribution in [2.24, 2.45) is 0 Å². The molecule has 0 aliphatic carbocycles. The molecule has 0 aromatic heterocycles. The van der Waals surface area contributed by atoms with Gasteiger partial charge in [0.15, 0.2) is 12.7 Å². The van der Waals surface area contributed by atoms with Gasteiger partial charge >= 0.3 is 0 Å². The lowest BCUT2D eigenvalue weighted by Crippen LogP contribution is -2.48. The Morgan fingerprint density at radius 2 is 1.71 bits per heavy atom. The van der Waals surface area contributed by atoms with E-state index < -0.39 is 17.9 Å². The van der Waals surface area contributed by atoms with Crippen LogP contribution in [0.3, 0.4) is 0 Å². The Labute approximate surface area is 170 Å². The van der Waals surface area contributed by atoms with E-state index >= 15 is 0 Å². The minimum Gasteiger partial charge on any atom is -0.484 e. The first-order valence-corrected chi connectivity index (χ1v) is 9.43. The molecule has 0 saturated heterocycles. The number of hydrogen-bond acceptors (Lipinski definition) is 4. The Hall–Kier alpha value is -3.06. The predicted molar refractivity (Wildman–Crippen MR) is 110 cm³/mol. The number of rotatable bonds is 6. The maximum Gasteiger partial charge on any atom is 0.279 e. The van der Waals surface area contributed by atoms with E-state index in [1.807, 2.05) is 42.5 Å². The van der Waals surface area contributed by atoms with Gasteiger partial charge in [-0.25, -0.2) is 0 Å². The number of ether oxygens (including phenoxy) is 2. The van der Waals surface area contributed by atoms with Gasteiger partial charge in [0.25, 0.3) is 11.8 Å². The molecule has 0 heterocycles. The molecular formula is C21H19BrN2O4. The second-order valence-electron chi connectivity index (χ2n) is 6.05. The van der Waals surface area contributed by atoms with Gasteiger partial charge < -0.3 is 9.47 Å². The molecule has 1 atom stereocenters. The third-order valence-electron chi connectivity index (χ3n) is 3.89. The van der Waals surface area contributed by atoms with E-state index in [9.17, 15) is 9.59 Å². The van der Waals surface area contributed by atoms with Crippen molar-refractivity contribution >= 4 is 38.5 Å². The lowest BCUT2D eigenvalue weighted by Gasteiger charge is -2.15. The first-order chi connectivity index (χ1) is 13.5. The first kappa shape index (κ1) is 19.7. The Morgan fingerprint density at radius 3 is 2.50 bits per heavy atom. The average molecular weight is 443 g/mol. The zero-order chi connectivity index (χ0) is 19.9. The summed E-state index contributed by atoms with van der Waals surface area (Å²) in [6.45, 7) is 1.37. The molecule has 7 heteroatoms. The van der Waals surface area contributed by atoms with E-state index in [2.05, 4.69) is 26.8 Å². The molecule has 3 aromatic rings. The second kappa shape index (κ2) is 9.23. The van der Waals surface area contributed by atoms with Crippen LogP contribution in [-0.4, -0.2) is 24.5 Å². The van der Waals surface area contributed by atoms with E-state index in [0.29, 0.717) is 11.5 Å². The number of fused-ring (bicyclic) bond motifs is 1. The molecule has 0 saturated carbocycles. The van der Waals surface area contributed by atoms with Crippen LogP contribution < -0.4 is 20.3 Å². The van der Waals surface area contributed by atoms with Crippen molar-refractivity contribution in [1.82, 2.24) is 10.9 Å². The first-order valence-electron chi connectivity index (χ1n) is 8.64. The van der Waals surface area contributed by atoms with Crippen LogP contribution in [-0.2, 0) is 9.59 Å². The molecule has 2 N–H and O–H groups in total. The van der Waals surface area contributed by atoms with Crippen molar-refractivity contribution in [1.29, 1.82) is 0 Å². The molecule has 3 aromatic carbocycles. The van der Waals surface area contributed by atoms with Gasteiger partial charge in [-0.1, -0.05) is 52.3 Å². The van der Waals surface area contributed by atoms with E-state index in [-0.39, 0.29) is 6.61 Å². The summed E-state index contributed by atoms with van der Waals surface area (Å²) < 4.78 is 11.9. The SMILES string of the molecule is CC(Oc1cccc(Br)c1)C(=O)NNC(=O)COc1ccc2ccccc2c1. The van der Waals surface area contributed by atoms with Gasteiger partial charge in [-0.15, -0.1) is 0 Å². The van der Waals surface area contributed by atoms with Crippen LogP contribution in [0.5, 0.6) is 11.5 Å². The number of halogens is 1. The molecular weight excluding hydrogens is 424 g/mol. The molecule has 3 rings (SSSR count). The molecule has 0 spiro atoms. The fourth-order valence-corrected chi connectivity index (χ4v) is 2.85. The van der Waals surface area contributed by atoms with Crippen LogP contribution in [0.1, 0.15) is 6.92 Å². The maximum absolute atomic E-state index is 12.1. The van der Waals surface area contributed by atoms with Crippen LogP contribution in [0.15, 0.2) is 71.2 Å². The molecule has 6 nitrogen and oxygen atoms in total. The number of carbonyl (C=O) groups excluding carboxylic acids is 2. The Bertz CT molecular complexity index is 993. The smallest absolute Gasteiger partial charge is 0.279 e. The molecule has 144 valence electrons. The average Bonchev–Trinajstić information content (AvgIpc) is 2.70. The van der Waals surface area contributed by atoms with Gasteiger partial charge in [0.1, 0.15) is 11.5 Å². The van der Waals surface area contributed by atoms with Gasteiger partial charge in [-0.2, -0.15) is 0 Å². The van der Waals surface area contributed by atoms with E-state index in [1.54, 1.807) is 31.2 Å². The third kappa shape index (κ3) is 5.47. The molecule has 0 fully saturated rings. The largest absolute Gasteiger partial charge is 0.484 e. The monoisotopic (exact) mass is 442 g/mol. The van der Waals surface area contributed by atoms with Gasteiger partial charge in [-0.05, 0) is 48.0 Å². The predicted octanol–water partition coefficient (Wildman–Crippen LogP) is 3.60. The standard InChI is InChI=1S/C21H19BrN2O4/c1-14(28-19-8-4-7-17(22)12-19)21(26)24-23-20(25)13-27-18-10-9-15-5-2-3-6-16(15)11-18/h2-12,14H,13H2,1H3,(H,23,25)(H,24,26). The lowest BCUT2D eigenvalue weighted by molar-refractivity contribution is -0.133. The molecule has 1 unspecified atom stereocenters. The molecule has 0 aliphatic rings. The number of benzene rings is 3. The summed E-state index contributed by atoms with van der Waals surface area (Å²) in [6.07, 6.45) is -0.781. The Balaban J connectivity index is 1.44. The van der Waals surface area contributed by atoms with Gasteiger partial charge in [0.2, 0.25) is 0 Å². The van der Waals surface area contributed by atoms with Crippen LogP contribution >= 0.6 is 15.9 Å². The van der Waals surface area contributed by atoms with Crippen LogP contribution in [0.25, 0.3) is 10.8 Å². The van der Waals surface area contributed by atoms with E-state index in [0.717, 1.165) is 15.2 Å². The fraction of sp³-hybridized carbons (Fsp3) is 0.143. The van der Waals surface area contributed by atoms with Gasteiger partial charge in [-0.3, -0.25) is 20.4 Å². The summed E-state index contributed by atoms with van der Waals surface area (Å²) in [5.41, 5.74) is 4.64. The zero-order valence-corrected chi connectivity index (χ0v) is 16.7. The normalized spacial score (nSPS) is 11.5. The maximum atomic E-state index is 12.1. The second-order valence-corrected chi connectivity index (χ2v) is 6.97. The number of hydrazine groups is 1. The van der Waals surface area contributed by atoms with Crippen molar-refractivity contribution in [2.75, 3.05) is 6.61 Å².